The van der Waals surface area contributed by atoms with E-state index in [1.165, 1.54) is 0 Å². The van der Waals surface area contributed by atoms with Gasteiger partial charge in [0, 0.05) is 57.0 Å². The molecule has 3 aromatic rings. The Morgan fingerprint density at radius 2 is 1.73 bits per heavy atom. The van der Waals surface area contributed by atoms with E-state index in [0.717, 1.165) is 24.7 Å². The number of carbonyl (C=O) groups is 1. The summed E-state index contributed by atoms with van der Waals surface area (Å²) >= 11 is 0. The van der Waals surface area contributed by atoms with Crippen molar-refractivity contribution >= 4 is 11.7 Å². The predicted octanol–water partition coefficient (Wildman–Crippen LogP) is 1.37. The second kappa shape index (κ2) is 6.99. The Labute approximate surface area is 151 Å². The lowest BCUT2D eigenvalue weighted by Crippen LogP contribution is -2.50. The zero-order valence-electron chi connectivity index (χ0n) is 14.6. The van der Waals surface area contributed by atoms with Crippen molar-refractivity contribution in [2.45, 2.75) is 13.0 Å². The minimum absolute atomic E-state index is 0.101. The fourth-order valence-electron chi connectivity index (χ4n) is 3.18. The van der Waals surface area contributed by atoms with Gasteiger partial charge in [0.25, 0.3) is 0 Å². The van der Waals surface area contributed by atoms with E-state index < -0.39 is 0 Å². The lowest BCUT2D eigenvalue weighted by atomic mass is 10.2. The molecule has 1 aliphatic heterocycles. The standard InChI is InChI=1S/C18H21N7O/c1-15(25-8-4-5-21-25)18(26)24-11-9-23(10-12-24)17-13-16(19-14-20-17)22-6-2-3-7-22/h2-8,13-15H,9-12H2,1H3. The van der Waals surface area contributed by atoms with Crippen LogP contribution in [-0.4, -0.2) is 61.3 Å². The minimum Gasteiger partial charge on any atom is -0.353 e. The molecule has 0 aromatic carbocycles. The molecular formula is C18H21N7O. The number of hydrogen-bond donors (Lipinski definition) is 0. The summed E-state index contributed by atoms with van der Waals surface area (Å²) in [5.41, 5.74) is 0. The van der Waals surface area contributed by atoms with Gasteiger partial charge in [-0.3, -0.25) is 9.48 Å². The van der Waals surface area contributed by atoms with Crippen molar-refractivity contribution < 1.29 is 4.79 Å². The number of rotatable bonds is 4. The lowest BCUT2D eigenvalue weighted by Gasteiger charge is -2.36. The zero-order chi connectivity index (χ0) is 17.9. The maximum absolute atomic E-state index is 12.7. The average Bonchev–Trinajstić information content (AvgIpc) is 3.41. The minimum atomic E-state index is -0.282. The number of hydrogen-bond acceptors (Lipinski definition) is 5. The van der Waals surface area contributed by atoms with Crippen molar-refractivity contribution in [2.24, 2.45) is 0 Å². The van der Waals surface area contributed by atoms with Crippen LogP contribution in [0.2, 0.25) is 0 Å². The molecule has 4 rings (SSSR count). The summed E-state index contributed by atoms with van der Waals surface area (Å²) < 4.78 is 3.65. The first kappa shape index (κ1) is 16.3. The van der Waals surface area contributed by atoms with Gasteiger partial charge in [-0.15, -0.1) is 0 Å². The molecule has 1 fully saturated rings. The van der Waals surface area contributed by atoms with Gasteiger partial charge in [0.1, 0.15) is 24.0 Å². The molecule has 4 heterocycles. The van der Waals surface area contributed by atoms with Gasteiger partial charge in [-0.2, -0.15) is 5.10 Å². The fourth-order valence-corrected chi connectivity index (χ4v) is 3.18. The predicted molar refractivity (Wildman–Crippen MR) is 97.1 cm³/mol. The molecule has 0 aliphatic carbocycles. The van der Waals surface area contributed by atoms with Gasteiger partial charge in [0.2, 0.25) is 5.91 Å². The lowest BCUT2D eigenvalue weighted by molar-refractivity contribution is -0.134. The van der Waals surface area contributed by atoms with Crippen LogP contribution in [-0.2, 0) is 4.79 Å². The van der Waals surface area contributed by atoms with Gasteiger partial charge in [0.05, 0.1) is 0 Å². The Balaban J connectivity index is 1.41. The van der Waals surface area contributed by atoms with Crippen LogP contribution >= 0.6 is 0 Å². The van der Waals surface area contributed by atoms with Gasteiger partial charge < -0.3 is 14.4 Å². The molecule has 8 heteroatoms. The van der Waals surface area contributed by atoms with Gasteiger partial charge >= 0.3 is 0 Å². The monoisotopic (exact) mass is 351 g/mol. The summed E-state index contributed by atoms with van der Waals surface area (Å²) in [4.78, 5) is 25.5. The Morgan fingerprint density at radius 3 is 2.42 bits per heavy atom. The Morgan fingerprint density at radius 1 is 1.00 bits per heavy atom. The van der Waals surface area contributed by atoms with E-state index in [4.69, 9.17) is 0 Å². The van der Waals surface area contributed by atoms with Gasteiger partial charge in [0.15, 0.2) is 0 Å². The molecule has 0 N–H and O–H groups in total. The third-order valence-electron chi connectivity index (χ3n) is 4.70. The Kier molecular flexibility index (Phi) is 4.39. The van der Waals surface area contributed by atoms with Crippen LogP contribution in [0.1, 0.15) is 13.0 Å². The molecule has 1 saturated heterocycles. The summed E-state index contributed by atoms with van der Waals surface area (Å²) in [5, 5.41) is 4.17. The molecule has 134 valence electrons. The molecule has 0 spiro atoms. The third kappa shape index (κ3) is 3.17. The van der Waals surface area contributed by atoms with E-state index in [1.54, 1.807) is 17.2 Å². The number of nitrogens with zero attached hydrogens (tertiary/aromatic N) is 7. The first-order valence-corrected chi connectivity index (χ1v) is 8.70. The van der Waals surface area contributed by atoms with E-state index in [9.17, 15) is 4.79 Å². The highest BCUT2D eigenvalue weighted by molar-refractivity contribution is 5.80. The zero-order valence-corrected chi connectivity index (χ0v) is 14.6. The first-order chi connectivity index (χ1) is 12.7. The highest BCUT2D eigenvalue weighted by atomic mass is 16.2. The number of amides is 1. The summed E-state index contributed by atoms with van der Waals surface area (Å²) in [6.07, 6.45) is 9.02. The SMILES string of the molecule is CC(C(=O)N1CCN(c2cc(-n3cccc3)ncn2)CC1)n1cccn1. The van der Waals surface area contributed by atoms with Crippen LogP contribution in [0.5, 0.6) is 0 Å². The molecule has 1 aliphatic rings. The smallest absolute Gasteiger partial charge is 0.247 e. The summed E-state index contributed by atoms with van der Waals surface area (Å²) in [7, 11) is 0. The van der Waals surface area contributed by atoms with E-state index in [1.807, 2.05) is 59.2 Å². The van der Waals surface area contributed by atoms with E-state index in [2.05, 4.69) is 20.0 Å². The van der Waals surface area contributed by atoms with E-state index >= 15 is 0 Å². The maximum Gasteiger partial charge on any atom is 0.247 e. The van der Waals surface area contributed by atoms with Crippen molar-refractivity contribution in [2.75, 3.05) is 31.1 Å². The summed E-state index contributed by atoms with van der Waals surface area (Å²) in [5.74, 6) is 1.82. The molecule has 0 bridgehead atoms. The second-order valence-electron chi connectivity index (χ2n) is 6.30. The first-order valence-electron chi connectivity index (χ1n) is 8.70. The van der Waals surface area contributed by atoms with Crippen LogP contribution in [0.4, 0.5) is 5.82 Å². The van der Waals surface area contributed by atoms with Crippen molar-refractivity contribution in [1.82, 2.24) is 29.2 Å². The van der Waals surface area contributed by atoms with Crippen LogP contribution < -0.4 is 4.90 Å². The molecule has 8 nitrogen and oxygen atoms in total. The molecule has 0 radical (unpaired) electrons. The number of carbonyl (C=O) groups excluding carboxylic acids is 1. The second-order valence-corrected chi connectivity index (χ2v) is 6.30. The van der Waals surface area contributed by atoms with Gasteiger partial charge in [-0.05, 0) is 25.1 Å². The summed E-state index contributed by atoms with van der Waals surface area (Å²) in [6.45, 7) is 4.73. The van der Waals surface area contributed by atoms with Crippen LogP contribution in [0, 0.1) is 0 Å². The van der Waals surface area contributed by atoms with Crippen molar-refractivity contribution in [1.29, 1.82) is 0 Å². The summed E-state index contributed by atoms with van der Waals surface area (Å²) in [6, 6.07) is 7.46. The van der Waals surface area contributed by atoms with Gasteiger partial charge in [-0.25, -0.2) is 9.97 Å². The van der Waals surface area contributed by atoms with Crippen LogP contribution in [0.25, 0.3) is 5.82 Å². The maximum atomic E-state index is 12.7. The topological polar surface area (TPSA) is 72.1 Å². The molecule has 1 atom stereocenters. The quantitative estimate of drug-likeness (QED) is 0.710. The van der Waals surface area contributed by atoms with Crippen molar-refractivity contribution in [3.63, 3.8) is 0 Å². The molecule has 1 unspecified atom stereocenters. The highest BCUT2D eigenvalue weighted by Crippen LogP contribution is 2.18. The molecular weight excluding hydrogens is 330 g/mol. The Bertz CT molecular complexity index is 852. The molecule has 26 heavy (non-hydrogen) atoms. The third-order valence-corrected chi connectivity index (χ3v) is 4.70. The van der Waals surface area contributed by atoms with Crippen LogP contribution in [0.3, 0.4) is 0 Å². The number of piperazine rings is 1. The largest absolute Gasteiger partial charge is 0.353 e. The Hall–Kier alpha value is -3.16. The fraction of sp³-hybridized carbons (Fsp3) is 0.333. The molecule has 0 saturated carbocycles. The van der Waals surface area contributed by atoms with Crippen molar-refractivity contribution in [3.05, 3.63) is 55.4 Å². The molecule has 3 aromatic heterocycles. The molecule has 1 amide bonds. The van der Waals surface area contributed by atoms with Crippen molar-refractivity contribution in [3.8, 4) is 5.82 Å². The van der Waals surface area contributed by atoms with E-state index in [0.29, 0.717) is 13.1 Å². The van der Waals surface area contributed by atoms with Gasteiger partial charge in [-0.1, -0.05) is 0 Å². The van der Waals surface area contributed by atoms with Crippen LogP contribution in [0.15, 0.2) is 55.4 Å². The average molecular weight is 351 g/mol. The highest BCUT2D eigenvalue weighted by Gasteiger charge is 2.26. The number of aromatic nitrogens is 5. The number of anilines is 1. The van der Waals surface area contributed by atoms with E-state index in [-0.39, 0.29) is 11.9 Å². The normalized spacial score (nSPS) is 15.9.